The largest absolute Gasteiger partial charge is 0.460 e. The number of fused-ring (bicyclic) bond motifs is 1. The number of aldehydes is 1. The third-order valence-electron chi connectivity index (χ3n) is 5.80. The topological polar surface area (TPSA) is 142 Å². The van der Waals surface area contributed by atoms with E-state index in [-0.39, 0.29) is 38.1 Å². The van der Waals surface area contributed by atoms with E-state index < -0.39 is 47.4 Å². The van der Waals surface area contributed by atoms with Crippen LogP contribution >= 0.6 is 0 Å². The molecule has 2 fully saturated rings. The van der Waals surface area contributed by atoms with Gasteiger partial charge < -0.3 is 20.2 Å². The minimum absolute atomic E-state index is 0.0198. The van der Waals surface area contributed by atoms with Gasteiger partial charge in [-0.3, -0.25) is 29.0 Å². The summed E-state index contributed by atoms with van der Waals surface area (Å²) in [5.74, 6) is -2.71. The predicted molar refractivity (Wildman–Crippen MR) is 127 cm³/mol. The summed E-state index contributed by atoms with van der Waals surface area (Å²) in [6, 6.07) is 5.12. The number of carbonyl (C=O) groups is 6. The highest BCUT2D eigenvalue weighted by molar-refractivity contribution is 6.00. The van der Waals surface area contributed by atoms with Crippen LogP contribution in [-0.2, 0) is 28.7 Å². The molecule has 4 amide bonds. The maximum absolute atomic E-state index is 13.5. The van der Waals surface area contributed by atoms with E-state index in [1.165, 1.54) is 5.01 Å². The fraction of sp³-hybridized carbons (Fsp3) is 0.520. The average molecular weight is 501 g/mol. The van der Waals surface area contributed by atoms with Crippen LogP contribution in [0.15, 0.2) is 30.3 Å². The van der Waals surface area contributed by atoms with Gasteiger partial charge in [-0.15, -0.1) is 0 Å². The maximum atomic E-state index is 13.5. The molecule has 0 spiro atoms. The zero-order valence-corrected chi connectivity index (χ0v) is 20.7. The summed E-state index contributed by atoms with van der Waals surface area (Å²) in [6.07, 6.45) is 0.885. The van der Waals surface area contributed by atoms with Gasteiger partial charge in [0.25, 0.3) is 11.8 Å². The standard InChI is InChI=1S/C25H32N4O7/c1-25(2,3)36-21(32)14-17(15-30)26-23(34)19-10-7-13-28-20(31)12-11-18(24(35)29(19)28)27-22(33)16-8-5-4-6-9-16/h4-6,8-9,15,17-19H,7,10-14H2,1-3H3,(H,26,34)(H,27,33)/t17-,18-,19-/m0/s1. The molecule has 0 saturated carbocycles. The number of rotatable bonds is 7. The predicted octanol–water partition coefficient (Wildman–Crippen LogP) is 0.729. The van der Waals surface area contributed by atoms with Crippen LogP contribution in [0.1, 0.15) is 63.2 Å². The Morgan fingerprint density at radius 3 is 2.47 bits per heavy atom. The molecule has 11 nitrogen and oxygen atoms in total. The van der Waals surface area contributed by atoms with Crippen molar-refractivity contribution >= 4 is 35.9 Å². The third-order valence-corrected chi connectivity index (χ3v) is 5.80. The molecular formula is C25H32N4O7. The molecule has 2 N–H and O–H groups in total. The van der Waals surface area contributed by atoms with Gasteiger partial charge in [-0.1, -0.05) is 18.2 Å². The van der Waals surface area contributed by atoms with Gasteiger partial charge in [-0.2, -0.15) is 0 Å². The van der Waals surface area contributed by atoms with Crippen LogP contribution in [0.3, 0.4) is 0 Å². The Labute approximate surface area is 209 Å². The molecule has 3 rings (SSSR count). The molecule has 2 heterocycles. The summed E-state index contributed by atoms with van der Waals surface area (Å²) < 4.78 is 5.21. The molecule has 2 aliphatic heterocycles. The first-order chi connectivity index (χ1) is 17.0. The van der Waals surface area contributed by atoms with Crippen LogP contribution in [0.4, 0.5) is 0 Å². The number of ether oxygens (including phenoxy) is 1. The molecule has 2 aliphatic rings. The normalized spacial score (nSPS) is 21.1. The summed E-state index contributed by atoms with van der Waals surface area (Å²) in [4.78, 5) is 75.8. The molecule has 3 atom stereocenters. The van der Waals surface area contributed by atoms with Gasteiger partial charge in [-0.05, 0) is 52.2 Å². The summed E-state index contributed by atoms with van der Waals surface area (Å²) in [5.41, 5.74) is -0.391. The van der Waals surface area contributed by atoms with Crippen molar-refractivity contribution in [1.29, 1.82) is 0 Å². The van der Waals surface area contributed by atoms with Crippen molar-refractivity contribution in [2.75, 3.05) is 6.54 Å². The second-order valence-corrected chi connectivity index (χ2v) is 9.83. The van der Waals surface area contributed by atoms with Crippen LogP contribution in [0.25, 0.3) is 0 Å². The maximum Gasteiger partial charge on any atom is 0.308 e. The Morgan fingerprint density at radius 2 is 1.83 bits per heavy atom. The van der Waals surface area contributed by atoms with Crippen LogP contribution in [0.5, 0.6) is 0 Å². The van der Waals surface area contributed by atoms with Crippen LogP contribution in [0.2, 0.25) is 0 Å². The summed E-state index contributed by atoms with van der Waals surface area (Å²) in [5, 5.41) is 7.52. The van der Waals surface area contributed by atoms with Gasteiger partial charge in [0.05, 0.1) is 12.5 Å². The van der Waals surface area contributed by atoms with Crippen LogP contribution < -0.4 is 10.6 Å². The van der Waals surface area contributed by atoms with E-state index in [1.54, 1.807) is 51.1 Å². The van der Waals surface area contributed by atoms with E-state index in [0.717, 1.165) is 5.01 Å². The van der Waals surface area contributed by atoms with Crippen LogP contribution in [-0.4, -0.2) is 76.2 Å². The Morgan fingerprint density at radius 1 is 1.14 bits per heavy atom. The number of nitrogens with zero attached hydrogens (tertiary/aromatic N) is 2. The highest BCUT2D eigenvalue weighted by Gasteiger charge is 2.45. The molecule has 1 aromatic carbocycles. The fourth-order valence-electron chi connectivity index (χ4n) is 4.21. The average Bonchev–Trinajstić information content (AvgIpc) is 2.95. The van der Waals surface area contributed by atoms with E-state index in [9.17, 15) is 28.8 Å². The zero-order valence-electron chi connectivity index (χ0n) is 20.7. The minimum atomic E-state index is -1.16. The molecule has 0 radical (unpaired) electrons. The van der Waals surface area contributed by atoms with Gasteiger partial charge >= 0.3 is 5.97 Å². The number of amides is 4. The first-order valence-electron chi connectivity index (χ1n) is 12.0. The Balaban J connectivity index is 1.75. The molecule has 194 valence electrons. The lowest BCUT2D eigenvalue weighted by Crippen LogP contribution is -2.64. The molecule has 0 aliphatic carbocycles. The van der Waals surface area contributed by atoms with Gasteiger partial charge in [-0.25, -0.2) is 5.01 Å². The summed E-state index contributed by atoms with van der Waals surface area (Å²) >= 11 is 0. The van der Waals surface area contributed by atoms with Crippen molar-refractivity contribution in [3.05, 3.63) is 35.9 Å². The Hall–Kier alpha value is -3.76. The second kappa shape index (κ2) is 11.3. The van der Waals surface area contributed by atoms with Crippen molar-refractivity contribution in [2.24, 2.45) is 0 Å². The summed E-state index contributed by atoms with van der Waals surface area (Å²) in [6.45, 7) is 5.31. The molecule has 0 unspecified atom stereocenters. The fourth-order valence-corrected chi connectivity index (χ4v) is 4.21. The molecule has 36 heavy (non-hydrogen) atoms. The number of benzene rings is 1. The van der Waals surface area contributed by atoms with Crippen LogP contribution in [0, 0.1) is 0 Å². The number of hydrogen-bond donors (Lipinski definition) is 2. The SMILES string of the molecule is CC(C)(C)OC(=O)C[C@@H](C=O)NC(=O)[C@@H]1CCCN2C(=O)CC[C@H](NC(=O)c3ccccc3)C(=O)N12. The highest BCUT2D eigenvalue weighted by Crippen LogP contribution is 2.25. The summed E-state index contributed by atoms with van der Waals surface area (Å²) in [7, 11) is 0. The van der Waals surface area contributed by atoms with Gasteiger partial charge in [0.15, 0.2) is 0 Å². The molecule has 11 heteroatoms. The second-order valence-electron chi connectivity index (χ2n) is 9.83. The third kappa shape index (κ3) is 6.67. The van der Waals surface area contributed by atoms with Crippen molar-refractivity contribution < 1.29 is 33.5 Å². The lowest BCUT2D eigenvalue weighted by molar-refractivity contribution is -0.176. The zero-order chi connectivity index (χ0) is 26.5. The van der Waals surface area contributed by atoms with E-state index >= 15 is 0 Å². The van der Waals surface area contributed by atoms with E-state index in [1.807, 2.05) is 0 Å². The smallest absolute Gasteiger partial charge is 0.308 e. The first kappa shape index (κ1) is 26.8. The van der Waals surface area contributed by atoms with Gasteiger partial charge in [0, 0.05) is 18.5 Å². The van der Waals surface area contributed by atoms with Crippen molar-refractivity contribution in [2.45, 2.75) is 76.6 Å². The molecular weight excluding hydrogens is 468 g/mol. The van der Waals surface area contributed by atoms with E-state index in [4.69, 9.17) is 4.74 Å². The van der Waals surface area contributed by atoms with E-state index in [2.05, 4.69) is 10.6 Å². The van der Waals surface area contributed by atoms with Crippen molar-refractivity contribution in [3.63, 3.8) is 0 Å². The number of hydrazine groups is 1. The molecule has 0 aromatic heterocycles. The van der Waals surface area contributed by atoms with E-state index in [0.29, 0.717) is 18.3 Å². The molecule has 0 bridgehead atoms. The van der Waals surface area contributed by atoms with Gasteiger partial charge in [0.2, 0.25) is 11.8 Å². The minimum Gasteiger partial charge on any atom is -0.460 e. The Bertz CT molecular complexity index is 1020. The number of carbonyl (C=O) groups excluding carboxylic acids is 6. The monoisotopic (exact) mass is 500 g/mol. The molecule has 1 aromatic rings. The Kier molecular flexibility index (Phi) is 8.44. The number of hydrogen-bond acceptors (Lipinski definition) is 7. The van der Waals surface area contributed by atoms with Crippen molar-refractivity contribution in [1.82, 2.24) is 20.7 Å². The van der Waals surface area contributed by atoms with Crippen molar-refractivity contribution in [3.8, 4) is 0 Å². The lowest BCUT2D eigenvalue weighted by Gasteiger charge is -2.43. The lowest BCUT2D eigenvalue weighted by atomic mass is 10.0. The van der Waals surface area contributed by atoms with Gasteiger partial charge in [0.1, 0.15) is 24.0 Å². The first-order valence-corrected chi connectivity index (χ1v) is 12.0. The number of esters is 1. The quantitative estimate of drug-likeness (QED) is 0.415. The highest BCUT2D eigenvalue weighted by atomic mass is 16.6. The number of nitrogens with one attached hydrogen (secondary N) is 2. The molecule has 2 saturated heterocycles.